The van der Waals surface area contributed by atoms with Gasteiger partial charge >= 0.3 is 0 Å². The first kappa shape index (κ1) is 6.58. The van der Waals surface area contributed by atoms with Gasteiger partial charge in [-0.3, -0.25) is 0 Å². The van der Waals surface area contributed by atoms with Crippen LogP contribution in [-0.2, 0) is 0 Å². The number of likely N-dealkylation sites (N-methyl/N-ethyl adjacent to an activating group) is 1. The molecule has 0 aromatic carbocycles. The molecule has 3 heteroatoms. The molecular formula is C7H14N2O. The average Bonchev–Trinajstić information content (AvgIpc) is 2.17. The number of nitrogens with zero attached hydrogens (tertiary/aromatic N) is 1. The van der Waals surface area contributed by atoms with E-state index in [1.54, 1.807) is 0 Å². The van der Waals surface area contributed by atoms with Crippen LogP contribution in [0.15, 0.2) is 0 Å². The van der Waals surface area contributed by atoms with E-state index in [2.05, 4.69) is 5.32 Å². The van der Waals surface area contributed by atoms with E-state index >= 15 is 0 Å². The maximum Gasteiger partial charge on any atom is 0.102 e. The number of piperazine rings is 1. The van der Waals surface area contributed by atoms with E-state index in [0.717, 1.165) is 25.9 Å². The van der Waals surface area contributed by atoms with Gasteiger partial charge in [0, 0.05) is 25.9 Å². The van der Waals surface area contributed by atoms with E-state index < -0.39 is 0 Å². The molecule has 0 spiro atoms. The van der Waals surface area contributed by atoms with E-state index in [4.69, 9.17) is 0 Å². The molecule has 2 unspecified atom stereocenters. The molecule has 2 heterocycles. The van der Waals surface area contributed by atoms with Crippen molar-refractivity contribution >= 4 is 0 Å². The van der Waals surface area contributed by atoms with Crippen LogP contribution in [0.5, 0.6) is 0 Å². The summed E-state index contributed by atoms with van der Waals surface area (Å²) in [7, 11) is 1.82. The summed E-state index contributed by atoms with van der Waals surface area (Å²) in [6, 6.07) is 0.692. The van der Waals surface area contributed by atoms with Crippen molar-refractivity contribution in [3.05, 3.63) is 5.21 Å². The summed E-state index contributed by atoms with van der Waals surface area (Å²) >= 11 is 0. The highest BCUT2D eigenvalue weighted by Gasteiger charge is 2.42. The van der Waals surface area contributed by atoms with Crippen LogP contribution in [-0.4, -0.2) is 36.9 Å². The van der Waals surface area contributed by atoms with E-state index in [1.165, 1.54) is 0 Å². The molecule has 2 rings (SSSR count). The minimum atomic E-state index is 0.0208. The molecule has 0 aliphatic carbocycles. The summed E-state index contributed by atoms with van der Waals surface area (Å²) in [5.74, 6) is 0. The third kappa shape index (κ3) is 0.713. The van der Waals surface area contributed by atoms with Crippen LogP contribution in [0, 0.1) is 5.21 Å². The summed E-state index contributed by atoms with van der Waals surface area (Å²) < 4.78 is 0.0208. The first-order chi connectivity index (χ1) is 4.71. The lowest BCUT2D eigenvalue weighted by molar-refractivity contribution is -0.898. The third-order valence-corrected chi connectivity index (χ3v) is 3.04. The van der Waals surface area contributed by atoms with E-state index in [0.29, 0.717) is 12.1 Å². The molecule has 0 amide bonds. The van der Waals surface area contributed by atoms with Gasteiger partial charge in [0.15, 0.2) is 0 Å². The van der Waals surface area contributed by atoms with Crippen molar-refractivity contribution in [3.63, 3.8) is 0 Å². The molecule has 0 aromatic rings. The summed E-state index contributed by atoms with van der Waals surface area (Å²) in [6.07, 6.45) is 2.25. The summed E-state index contributed by atoms with van der Waals surface area (Å²) in [5.41, 5.74) is 0. The molecule has 2 bridgehead atoms. The fraction of sp³-hybridized carbons (Fsp3) is 1.00. The Morgan fingerprint density at radius 2 is 1.80 bits per heavy atom. The molecule has 3 nitrogen and oxygen atoms in total. The molecule has 0 saturated carbocycles. The van der Waals surface area contributed by atoms with Gasteiger partial charge < -0.3 is 15.2 Å². The maximum atomic E-state index is 11.7. The molecule has 0 radical (unpaired) electrons. The Morgan fingerprint density at radius 3 is 2.20 bits per heavy atom. The molecule has 0 aromatic heterocycles. The zero-order valence-electron chi connectivity index (χ0n) is 6.34. The predicted molar refractivity (Wildman–Crippen MR) is 39.2 cm³/mol. The second-order valence-electron chi connectivity index (χ2n) is 3.60. The van der Waals surface area contributed by atoms with Gasteiger partial charge in [-0.15, -0.1) is 0 Å². The van der Waals surface area contributed by atoms with Crippen molar-refractivity contribution in [1.29, 1.82) is 0 Å². The standard InChI is InChI=1S/C7H14N2O/c1-9(10)6-2-3-7(9)5-8-4-6/h6-8H,2-5H2,1H3. The molecule has 2 fully saturated rings. The highest BCUT2D eigenvalue weighted by molar-refractivity contribution is 4.83. The minimum Gasteiger partial charge on any atom is -0.633 e. The van der Waals surface area contributed by atoms with Crippen LogP contribution in [0.4, 0.5) is 0 Å². The molecular weight excluding hydrogens is 128 g/mol. The van der Waals surface area contributed by atoms with Gasteiger partial charge in [0.25, 0.3) is 0 Å². The summed E-state index contributed by atoms with van der Waals surface area (Å²) in [4.78, 5) is 0. The Hall–Kier alpha value is -0.120. The highest BCUT2D eigenvalue weighted by atomic mass is 16.5. The van der Waals surface area contributed by atoms with Crippen molar-refractivity contribution in [2.24, 2.45) is 0 Å². The normalized spacial score (nSPS) is 53.4. The first-order valence-electron chi connectivity index (χ1n) is 3.99. The largest absolute Gasteiger partial charge is 0.633 e. The number of hydrogen-bond acceptors (Lipinski definition) is 2. The Balaban J connectivity index is 2.21. The molecule has 2 atom stereocenters. The van der Waals surface area contributed by atoms with Crippen LogP contribution in [0.3, 0.4) is 0 Å². The lowest BCUT2D eigenvalue weighted by Crippen LogP contribution is -2.59. The summed E-state index contributed by atoms with van der Waals surface area (Å²) in [6.45, 7) is 1.85. The van der Waals surface area contributed by atoms with Crippen LogP contribution in [0.2, 0.25) is 0 Å². The number of fused-ring (bicyclic) bond motifs is 2. The predicted octanol–water partition coefficient (Wildman–Crippen LogP) is 0.0650. The zero-order valence-corrected chi connectivity index (χ0v) is 6.34. The fourth-order valence-corrected chi connectivity index (χ4v) is 2.18. The first-order valence-corrected chi connectivity index (χ1v) is 3.99. The van der Waals surface area contributed by atoms with Crippen LogP contribution < -0.4 is 5.32 Å². The summed E-state index contributed by atoms with van der Waals surface area (Å²) in [5, 5.41) is 15.0. The van der Waals surface area contributed by atoms with Crippen LogP contribution >= 0.6 is 0 Å². The maximum absolute atomic E-state index is 11.7. The molecule has 2 aliphatic heterocycles. The Bertz CT molecular complexity index is 129. The Kier molecular flexibility index (Phi) is 1.27. The topological polar surface area (TPSA) is 35.1 Å². The van der Waals surface area contributed by atoms with Gasteiger partial charge in [-0.2, -0.15) is 0 Å². The molecule has 2 aliphatic rings. The number of nitrogens with one attached hydrogen (secondary N) is 1. The number of hydrogen-bond donors (Lipinski definition) is 1. The van der Waals surface area contributed by atoms with Gasteiger partial charge in [0.1, 0.15) is 12.1 Å². The lowest BCUT2D eigenvalue weighted by atomic mass is 10.2. The van der Waals surface area contributed by atoms with Gasteiger partial charge in [0.05, 0.1) is 7.05 Å². The van der Waals surface area contributed by atoms with Gasteiger partial charge in [-0.05, 0) is 0 Å². The third-order valence-electron chi connectivity index (χ3n) is 3.04. The average molecular weight is 142 g/mol. The lowest BCUT2D eigenvalue weighted by Gasteiger charge is -2.48. The highest BCUT2D eigenvalue weighted by Crippen LogP contribution is 2.31. The van der Waals surface area contributed by atoms with Crippen LogP contribution in [0.1, 0.15) is 12.8 Å². The van der Waals surface area contributed by atoms with Gasteiger partial charge in [-0.1, -0.05) is 0 Å². The number of hydroxylamine groups is 3. The van der Waals surface area contributed by atoms with Gasteiger partial charge in [-0.25, -0.2) is 0 Å². The monoisotopic (exact) mass is 142 g/mol. The van der Waals surface area contributed by atoms with Crippen molar-refractivity contribution < 1.29 is 4.65 Å². The van der Waals surface area contributed by atoms with Gasteiger partial charge in [0.2, 0.25) is 0 Å². The minimum absolute atomic E-state index is 0.0208. The number of rotatable bonds is 0. The SMILES string of the molecule is C[N+]1([O-])C2CCC1CNC2. The second kappa shape index (κ2) is 1.94. The zero-order chi connectivity index (χ0) is 7.19. The number of quaternary nitrogens is 1. The molecule has 2 saturated heterocycles. The fourth-order valence-electron chi connectivity index (χ4n) is 2.18. The Morgan fingerprint density at radius 1 is 1.30 bits per heavy atom. The smallest absolute Gasteiger partial charge is 0.102 e. The molecule has 58 valence electrons. The molecule has 1 N–H and O–H groups in total. The Labute approximate surface area is 61.2 Å². The van der Waals surface area contributed by atoms with Crippen LogP contribution in [0.25, 0.3) is 0 Å². The van der Waals surface area contributed by atoms with E-state index in [-0.39, 0.29) is 4.65 Å². The second-order valence-corrected chi connectivity index (χ2v) is 3.60. The van der Waals surface area contributed by atoms with E-state index in [1.807, 2.05) is 7.05 Å². The van der Waals surface area contributed by atoms with Crippen molar-refractivity contribution in [1.82, 2.24) is 5.32 Å². The van der Waals surface area contributed by atoms with Crippen molar-refractivity contribution in [2.45, 2.75) is 24.9 Å². The van der Waals surface area contributed by atoms with E-state index in [9.17, 15) is 5.21 Å². The molecule has 10 heavy (non-hydrogen) atoms. The quantitative estimate of drug-likeness (QED) is 0.383. The van der Waals surface area contributed by atoms with Crippen molar-refractivity contribution in [2.75, 3.05) is 20.1 Å². The van der Waals surface area contributed by atoms with Crippen molar-refractivity contribution in [3.8, 4) is 0 Å².